The van der Waals surface area contributed by atoms with Crippen LogP contribution in [0, 0.1) is 0 Å². The molecule has 1 fully saturated rings. The Balaban J connectivity index is 2.08. The zero-order chi connectivity index (χ0) is 13.2. The van der Waals surface area contributed by atoms with Gasteiger partial charge in [-0.2, -0.15) is 13.2 Å². The van der Waals surface area contributed by atoms with Crippen LogP contribution in [0.1, 0.15) is 31.2 Å². The number of hydrogen-bond acceptors (Lipinski definition) is 1. The van der Waals surface area contributed by atoms with Gasteiger partial charge in [0.05, 0.1) is 0 Å². The monoisotopic (exact) mass is 257 g/mol. The van der Waals surface area contributed by atoms with E-state index < -0.39 is 12.6 Å². The predicted molar refractivity (Wildman–Crippen MR) is 65.5 cm³/mol. The van der Waals surface area contributed by atoms with Gasteiger partial charge in [0.15, 0.2) is 0 Å². The first-order chi connectivity index (χ1) is 8.48. The van der Waals surface area contributed by atoms with E-state index in [1.165, 1.54) is 0 Å². The van der Waals surface area contributed by atoms with Crippen LogP contribution in [0.25, 0.3) is 0 Å². The molecule has 0 radical (unpaired) electrons. The van der Waals surface area contributed by atoms with Crippen molar-refractivity contribution in [3.05, 3.63) is 35.9 Å². The minimum atomic E-state index is -4.07. The van der Waals surface area contributed by atoms with E-state index >= 15 is 0 Å². The summed E-state index contributed by atoms with van der Waals surface area (Å²) in [6.07, 6.45) is -2.69. The Kier molecular flexibility index (Phi) is 3.66. The maximum Gasteiger partial charge on any atom is 0.389 e. The third-order valence-electron chi connectivity index (χ3n) is 3.87. The van der Waals surface area contributed by atoms with E-state index in [4.69, 9.17) is 0 Å². The Labute approximate surface area is 105 Å². The average Bonchev–Trinajstić information content (AvgIpc) is 3.11. The maximum absolute atomic E-state index is 12.3. The van der Waals surface area contributed by atoms with Crippen LogP contribution in [-0.2, 0) is 5.41 Å². The first kappa shape index (κ1) is 13.4. The third-order valence-corrected chi connectivity index (χ3v) is 3.87. The van der Waals surface area contributed by atoms with E-state index in [1.54, 1.807) is 7.05 Å². The summed E-state index contributed by atoms with van der Waals surface area (Å²) in [6, 6.07) is 9.78. The van der Waals surface area contributed by atoms with Crippen molar-refractivity contribution in [3.8, 4) is 0 Å². The molecule has 0 aliphatic heterocycles. The highest BCUT2D eigenvalue weighted by Gasteiger charge is 2.50. The summed E-state index contributed by atoms with van der Waals surface area (Å²) in [4.78, 5) is 0. The van der Waals surface area contributed by atoms with Gasteiger partial charge in [0.1, 0.15) is 0 Å². The molecule has 0 aromatic heterocycles. The number of nitrogens with one attached hydrogen (secondary N) is 1. The lowest BCUT2D eigenvalue weighted by Gasteiger charge is -2.27. The van der Waals surface area contributed by atoms with Crippen molar-refractivity contribution in [2.24, 2.45) is 0 Å². The maximum atomic E-state index is 12.3. The molecule has 18 heavy (non-hydrogen) atoms. The van der Waals surface area contributed by atoms with Crippen LogP contribution in [0.5, 0.6) is 0 Å². The van der Waals surface area contributed by atoms with E-state index in [9.17, 15) is 13.2 Å². The largest absolute Gasteiger partial charge is 0.389 e. The topological polar surface area (TPSA) is 12.0 Å². The van der Waals surface area contributed by atoms with Crippen LogP contribution in [-0.4, -0.2) is 19.3 Å². The van der Waals surface area contributed by atoms with Gasteiger partial charge in [-0.1, -0.05) is 30.3 Å². The van der Waals surface area contributed by atoms with Gasteiger partial charge in [0, 0.05) is 17.9 Å². The van der Waals surface area contributed by atoms with E-state index in [2.05, 4.69) is 5.32 Å². The summed E-state index contributed by atoms with van der Waals surface area (Å²) >= 11 is 0. The fraction of sp³-hybridized carbons (Fsp3) is 0.571. The van der Waals surface area contributed by atoms with Gasteiger partial charge in [-0.25, -0.2) is 0 Å². The van der Waals surface area contributed by atoms with E-state index in [0.29, 0.717) is 0 Å². The van der Waals surface area contributed by atoms with Gasteiger partial charge < -0.3 is 5.32 Å². The molecule has 2 rings (SSSR count). The van der Waals surface area contributed by atoms with Crippen LogP contribution in [0.3, 0.4) is 0 Å². The summed E-state index contributed by atoms with van der Waals surface area (Å²) in [5.41, 5.74) is 1.08. The van der Waals surface area contributed by atoms with Crippen molar-refractivity contribution in [1.82, 2.24) is 5.32 Å². The van der Waals surface area contributed by atoms with Gasteiger partial charge in [-0.15, -0.1) is 0 Å². The first-order valence-corrected chi connectivity index (χ1v) is 6.27. The van der Waals surface area contributed by atoms with Crippen molar-refractivity contribution in [2.75, 3.05) is 7.05 Å². The van der Waals surface area contributed by atoms with Crippen molar-refractivity contribution in [3.63, 3.8) is 0 Å². The van der Waals surface area contributed by atoms with Crippen molar-refractivity contribution in [2.45, 2.75) is 43.3 Å². The molecule has 0 amide bonds. The molecule has 1 aliphatic carbocycles. The fourth-order valence-corrected chi connectivity index (χ4v) is 2.75. The highest BCUT2D eigenvalue weighted by Crippen LogP contribution is 2.52. The highest BCUT2D eigenvalue weighted by atomic mass is 19.4. The van der Waals surface area contributed by atoms with Crippen molar-refractivity contribution < 1.29 is 13.2 Å². The van der Waals surface area contributed by atoms with Gasteiger partial charge in [-0.3, -0.25) is 0 Å². The second-order valence-corrected chi connectivity index (χ2v) is 5.02. The molecule has 0 heterocycles. The molecule has 1 unspecified atom stereocenters. The number of halogens is 3. The van der Waals surface area contributed by atoms with E-state index in [1.807, 2.05) is 30.3 Å². The average molecular weight is 257 g/mol. The lowest BCUT2D eigenvalue weighted by Crippen LogP contribution is -2.38. The minimum absolute atomic E-state index is 0.0821. The van der Waals surface area contributed by atoms with Crippen molar-refractivity contribution in [1.29, 1.82) is 0 Å². The third kappa shape index (κ3) is 2.86. The zero-order valence-corrected chi connectivity index (χ0v) is 10.4. The number of rotatable bonds is 5. The molecule has 0 saturated heterocycles. The van der Waals surface area contributed by atoms with Crippen LogP contribution < -0.4 is 5.32 Å². The molecular formula is C14H18F3N. The molecule has 100 valence electrons. The predicted octanol–water partition coefficient (Wildman–Crippen LogP) is 3.65. The van der Waals surface area contributed by atoms with Gasteiger partial charge in [0.25, 0.3) is 0 Å². The second kappa shape index (κ2) is 4.92. The molecule has 1 atom stereocenters. The summed E-state index contributed by atoms with van der Waals surface area (Å²) in [5.74, 6) is 0. The number of alkyl halides is 3. The molecule has 0 bridgehead atoms. The van der Waals surface area contributed by atoms with Gasteiger partial charge in [0.2, 0.25) is 0 Å². The smallest absolute Gasteiger partial charge is 0.316 e. The molecule has 1 aromatic carbocycles. The molecule has 1 saturated carbocycles. The quantitative estimate of drug-likeness (QED) is 0.849. The molecule has 4 heteroatoms. The second-order valence-electron chi connectivity index (χ2n) is 5.02. The fourth-order valence-electron chi connectivity index (χ4n) is 2.75. The Hall–Kier alpha value is -1.03. The lowest BCUT2D eigenvalue weighted by atomic mass is 9.85. The Morgan fingerprint density at radius 2 is 1.83 bits per heavy atom. The Bertz CT molecular complexity index is 382. The van der Waals surface area contributed by atoms with Crippen LogP contribution in [0.4, 0.5) is 13.2 Å². The summed E-state index contributed by atoms with van der Waals surface area (Å²) in [6.45, 7) is 0. The highest BCUT2D eigenvalue weighted by molar-refractivity contribution is 5.33. The molecule has 1 N–H and O–H groups in total. The minimum Gasteiger partial charge on any atom is -0.316 e. The van der Waals surface area contributed by atoms with Gasteiger partial charge >= 0.3 is 6.18 Å². The normalized spacial score (nSPS) is 19.6. The molecule has 1 nitrogen and oxygen atoms in total. The van der Waals surface area contributed by atoms with Crippen molar-refractivity contribution >= 4 is 0 Å². The van der Waals surface area contributed by atoms with Crippen LogP contribution in [0.15, 0.2) is 30.3 Å². The summed E-state index contributed by atoms with van der Waals surface area (Å²) in [5, 5.41) is 3.08. The van der Waals surface area contributed by atoms with E-state index in [0.717, 1.165) is 18.4 Å². The number of benzene rings is 1. The molecule has 1 aliphatic rings. The molecular weight excluding hydrogens is 239 g/mol. The summed E-state index contributed by atoms with van der Waals surface area (Å²) in [7, 11) is 1.75. The number of likely N-dealkylation sites (N-methyl/N-ethyl adjacent to an activating group) is 1. The lowest BCUT2D eigenvalue weighted by molar-refractivity contribution is -0.137. The number of hydrogen-bond donors (Lipinski definition) is 1. The summed E-state index contributed by atoms with van der Waals surface area (Å²) < 4.78 is 37.0. The Morgan fingerprint density at radius 3 is 2.28 bits per heavy atom. The molecule has 0 spiro atoms. The van der Waals surface area contributed by atoms with Gasteiger partial charge in [-0.05, 0) is 31.9 Å². The molecule has 1 aromatic rings. The van der Waals surface area contributed by atoms with Crippen LogP contribution in [0.2, 0.25) is 0 Å². The standard InChI is InChI=1S/C14H18F3N/c1-18-12(7-8-14(15,16)17)13(9-10-13)11-5-3-2-4-6-11/h2-6,12,18H,7-10H2,1H3. The Morgan fingerprint density at radius 1 is 1.22 bits per heavy atom. The van der Waals surface area contributed by atoms with E-state index in [-0.39, 0.29) is 17.9 Å². The van der Waals surface area contributed by atoms with Crippen LogP contribution >= 0.6 is 0 Å². The SMILES string of the molecule is CNC(CCC(F)(F)F)C1(c2ccccc2)CC1. The zero-order valence-electron chi connectivity index (χ0n) is 10.4. The first-order valence-electron chi connectivity index (χ1n) is 6.27.